The highest BCUT2D eigenvalue weighted by atomic mass is 32.2. The molecule has 1 amide bonds. The van der Waals surface area contributed by atoms with E-state index >= 15 is 0 Å². The topological polar surface area (TPSA) is 108 Å². The van der Waals surface area contributed by atoms with Crippen molar-refractivity contribution < 1.29 is 22.7 Å². The second-order valence-electron chi connectivity index (χ2n) is 6.96. The molecule has 0 saturated heterocycles. The first kappa shape index (κ1) is 22.4. The number of ether oxygens (including phenoxy) is 2. The van der Waals surface area contributed by atoms with E-state index in [-0.39, 0.29) is 4.90 Å². The van der Waals surface area contributed by atoms with Gasteiger partial charge in [-0.1, -0.05) is 26.0 Å². The average molecular weight is 419 g/mol. The van der Waals surface area contributed by atoms with E-state index in [0.29, 0.717) is 35.3 Å². The minimum absolute atomic E-state index is 0.0268. The predicted molar refractivity (Wildman–Crippen MR) is 114 cm³/mol. The first-order valence-corrected chi connectivity index (χ1v) is 10.6. The minimum Gasteiger partial charge on any atom is -0.493 e. The number of methoxy groups -OCH3 is 1. The number of nitrogens with one attached hydrogen (secondary N) is 1. The van der Waals surface area contributed by atoms with Crippen LogP contribution in [-0.2, 0) is 14.8 Å². The molecule has 0 saturated carbocycles. The van der Waals surface area contributed by atoms with E-state index in [1.807, 2.05) is 6.07 Å². The quantitative estimate of drug-likeness (QED) is 0.639. The van der Waals surface area contributed by atoms with Gasteiger partial charge in [0.2, 0.25) is 15.9 Å². The van der Waals surface area contributed by atoms with Gasteiger partial charge in [-0.05, 0) is 54.3 Å². The maximum absolute atomic E-state index is 12.2. The Bertz CT molecular complexity index is 1010. The van der Waals surface area contributed by atoms with Crippen LogP contribution in [0.5, 0.6) is 11.5 Å². The van der Waals surface area contributed by atoms with Crippen LogP contribution in [0.15, 0.2) is 47.4 Å². The molecule has 0 unspecified atom stereocenters. The van der Waals surface area contributed by atoms with Crippen molar-refractivity contribution in [2.24, 2.45) is 11.1 Å². The molecule has 3 N–H and O–H groups in total. The number of anilines is 1. The van der Waals surface area contributed by atoms with Crippen LogP contribution in [0.1, 0.15) is 25.0 Å². The van der Waals surface area contributed by atoms with Crippen molar-refractivity contribution in [3.63, 3.8) is 0 Å². The predicted octanol–water partition coefficient (Wildman–Crippen LogP) is 3.34. The molecular weight excluding hydrogens is 392 g/mol. The van der Waals surface area contributed by atoms with Crippen molar-refractivity contribution in [2.75, 3.05) is 19.0 Å². The number of hydrogen-bond acceptors (Lipinski definition) is 5. The van der Waals surface area contributed by atoms with Crippen LogP contribution in [0.2, 0.25) is 0 Å². The third-order valence-corrected chi connectivity index (χ3v) is 5.00. The summed E-state index contributed by atoms with van der Waals surface area (Å²) in [7, 11) is -2.31. The third kappa shape index (κ3) is 6.62. The number of primary sulfonamides is 1. The fourth-order valence-electron chi connectivity index (χ4n) is 2.50. The van der Waals surface area contributed by atoms with Crippen LogP contribution in [0, 0.1) is 12.8 Å². The monoisotopic (exact) mass is 418 g/mol. The van der Waals surface area contributed by atoms with Crippen LogP contribution in [-0.4, -0.2) is 28.0 Å². The molecule has 0 radical (unpaired) electrons. The Morgan fingerprint density at radius 3 is 2.52 bits per heavy atom. The summed E-state index contributed by atoms with van der Waals surface area (Å²) >= 11 is 0. The number of amides is 1. The molecule has 0 aliphatic rings. The largest absolute Gasteiger partial charge is 0.493 e. The first-order chi connectivity index (χ1) is 13.6. The normalized spacial score (nSPS) is 11.7. The SMILES string of the molecule is COc1cc(/C=C/C(=O)Nc2ccc(C)c(S(N)(=O)=O)c2)ccc1OCC(C)C. The van der Waals surface area contributed by atoms with E-state index in [1.165, 1.54) is 12.1 Å². The standard InChI is InChI=1S/C21H26N2O5S/c1-14(2)13-28-18-9-6-16(11-19(18)27-4)7-10-21(24)23-17-8-5-15(3)20(12-17)29(22,25)26/h5-12,14H,13H2,1-4H3,(H,23,24)(H2,22,25,26)/b10-7+. The summed E-state index contributed by atoms with van der Waals surface area (Å²) in [6, 6.07) is 9.90. The van der Waals surface area contributed by atoms with Crippen LogP contribution < -0.4 is 19.9 Å². The van der Waals surface area contributed by atoms with Crippen molar-refractivity contribution in [1.29, 1.82) is 0 Å². The number of nitrogens with two attached hydrogens (primary N) is 1. The number of aryl methyl sites for hydroxylation is 1. The van der Waals surface area contributed by atoms with E-state index in [9.17, 15) is 13.2 Å². The number of sulfonamides is 1. The molecule has 0 bridgehead atoms. The minimum atomic E-state index is -3.86. The molecule has 0 spiro atoms. The Kier molecular flexibility index (Phi) is 7.41. The lowest BCUT2D eigenvalue weighted by molar-refractivity contribution is -0.111. The van der Waals surface area contributed by atoms with Crippen LogP contribution in [0.3, 0.4) is 0 Å². The van der Waals surface area contributed by atoms with Gasteiger partial charge in [-0.2, -0.15) is 0 Å². The molecule has 8 heteroatoms. The van der Waals surface area contributed by atoms with Crippen molar-refractivity contribution in [1.82, 2.24) is 0 Å². The maximum atomic E-state index is 12.2. The van der Waals surface area contributed by atoms with Gasteiger partial charge in [-0.3, -0.25) is 4.79 Å². The maximum Gasteiger partial charge on any atom is 0.248 e. The van der Waals surface area contributed by atoms with Gasteiger partial charge in [0.25, 0.3) is 0 Å². The lowest BCUT2D eigenvalue weighted by atomic mass is 10.1. The number of carbonyl (C=O) groups excluding carboxylic acids is 1. The van der Waals surface area contributed by atoms with Gasteiger partial charge in [0, 0.05) is 11.8 Å². The fraction of sp³-hybridized carbons (Fsp3) is 0.286. The molecular formula is C21H26N2O5S. The second-order valence-corrected chi connectivity index (χ2v) is 8.49. The number of rotatable bonds is 8. The fourth-order valence-corrected chi connectivity index (χ4v) is 3.31. The Hall–Kier alpha value is -2.84. The summed E-state index contributed by atoms with van der Waals surface area (Å²) in [6.45, 7) is 6.32. The van der Waals surface area contributed by atoms with E-state index in [2.05, 4.69) is 19.2 Å². The molecule has 7 nitrogen and oxygen atoms in total. The molecule has 2 rings (SSSR count). The molecule has 156 valence electrons. The van der Waals surface area contributed by atoms with Gasteiger partial charge < -0.3 is 14.8 Å². The van der Waals surface area contributed by atoms with Crippen molar-refractivity contribution in [3.8, 4) is 11.5 Å². The molecule has 0 heterocycles. The number of benzene rings is 2. The van der Waals surface area contributed by atoms with E-state index in [0.717, 1.165) is 5.56 Å². The Morgan fingerprint density at radius 2 is 1.90 bits per heavy atom. The molecule has 2 aromatic carbocycles. The van der Waals surface area contributed by atoms with Gasteiger partial charge in [-0.25, -0.2) is 13.6 Å². The molecule has 0 atom stereocenters. The average Bonchev–Trinajstić information content (AvgIpc) is 2.65. The molecule has 0 aliphatic heterocycles. The van der Waals surface area contributed by atoms with Crippen molar-refractivity contribution in [2.45, 2.75) is 25.7 Å². The second kappa shape index (κ2) is 9.58. The number of hydrogen-bond donors (Lipinski definition) is 2. The molecule has 29 heavy (non-hydrogen) atoms. The smallest absolute Gasteiger partial charge is 0.248 e. The van der Waals surface area contributed by atoms with Crippen LogP contribution in [0.4, 0.5) is 5.69 Å². The zero-order valence-corrected chi connectivity index (χ0v) is 17.7. The van der Waals surface area contributed by atoms with Gasteiger partial charge in [-0.15, -0.1) is 0 Å². The first-order valence-electron chi connectivity index (χ1n) is 9.03. The number of carbonyl (C=O) groups is 1. The van der Waals surface area contributed by atoms with E-state index in [4.69, 9.17) is 14.6 Å². The highest BCUT2D eigenvalue weighted by molar-refractivity contribution is 7.89. The molecule has 0 fully saturated rings. The zero-order valence-electron chi connectivity index (χ0n) is 16.9. The summed E-state index contributed by atoms with van der Waals surface area (Å²) in [5, 5.41) is 7.82. The van der Waals surface area contributed by atoms with Gasteiger partial charge >= 0.3 is 0 Å². The van der Waals surface area contributed by atoms with Gasteiger partial charge in [0.1, 0.15) is 0 Å². The lowest BCUT2D eigenvalue weighted by Crippen LogP contribution is -2.15. The summed E-state index contributed by atoms with van der Waals surface area (Å²) in [6.07, 6.45) is 2.97. The summed E-state index contributed by atoms with van der Waals surface area (Å²) in [5.41, 5.74) is 1.60. The lowest BCUT2D eigenvalue weighted by Gasteiger charge is -2.12. The van der Waals surface area contributed by atoms with Crippen LogP contribution >= 0.6 is 0 Å². The van der Waals surface area contributed by atoms with E-state index < -0.39 is 15.9 Å². The Labute approximate surface area is 171 Å². The van der Waals surface area contributed by atoms with Gasteiger partial charge in [0.15, 0.2) is 11.5 Å². The van der Waals surface area contributed by atoms with Gasteiger partial charge in [0.05, 0.1) is 18.6 Å². The summed E-state index contributed by atoms with van der Waals surface area (Å²) < 4.78 is 34.3. The Balaban J connectivity index is 2.11. The van der Waals surface area contributed by atoms with Crippen molar-refractivity contribution in [3.05, 3.63) is 53.6 Å². The summed E-state index contributed by atoms with van der Waals surface area (Å²) in [5.74, 6) is 1.19. The molecule has 2 aromatic rings. The highest BCUT2D eigenvalue weighted by Crippen LogP contribution is 2.29. The summed E-state index contributed by atoms with van der Waals surface area (Å²) in [4.78, 5) is 12.2. The zero-order chi connectivity index (χ0) is 21.6. The van der Waals surface area contributed by atoms with Crippen molar-refractivity contribution >= 4 is 27.7 Å². The highest BCUT2D eigenvalue weighted by Gasteiger charge is 2.12. The Morgan fingerprint density at radius 1 is 1.17 bits per heavy atom. The molecule has 0 aromatic heterocycles. The molecule has 0 aliphatic carbocycles. The van der Waals surface area contributed by atoms with Crippen LogP contribution in [0.25, 0.3) is 6.08 Å². The third-order valence-electron chi connectivity index (χ3n) is 3.95. The van der Waals surface area contributed by atoms with E-state index in [1.54, 1.807) is 44.4 Å².